The minimum absolute atomic E-state index is 0.223. The van der Waals surface area contributed by atoms with E-state index in [1.54, 1.807) is 12.1 Å². The fraction of sp³-hybridized carbons (Fsp3) is 0.222. The van der Waals surface area contributed by atoms with Crippen molar-refractivity contribution < 1.29 is 18.0 Å². The van der Waals surface area contributed by atoms with Gasteiger partial charge >= 0.3 is 0 Å². The van der Waals surface area contributed by atoms with Crippen molar-refractivity contribution in [1.29, 1.82) is 0 Å². The highest BCUT2D eigenvalue weighted by Crippen LogP contribution is 2.29. The fourth-order valence-electron chi connectivity index (χ4n) is 2.91. The van der Waals surface area contributed by atoms with Gasteiger partial charge in [-0.25, -0.2) is 13.8 Å². The summed E-state index contributed by atoms with van der Waals surface area (Å²) in [6.07, 6.45) is 2.13. The third kappa shape index (κ3) is 3.51. The first-order chi connectivity index (χ1) is 12.6. The molecule has 0 atom stereocenters. The molecule has 0 aliphatic carbocycles. The lowest BCUT2D eigenvalue weighted by Crippen LogP contribution is -2.29. The second kappa shape index (κ2) is 6.97. The van der Waals surface area contributed by atoms with Crippen molar-refractivity contribution in [2.45, 2.75) is 19.5 Å². The Morgan fingerprint density at radius 1 is 1.35 bits per heavy atom. The summed E-state index contributed by atoms with van der Waals surface area (Å²) in [4.78, 5) is 19.5. The largest absolute Gasteiger partial charge is 0.459 e. The van der Waals surface area contributed by atoms with Crippen LogP contribution in [0.4, 0.5) is 13.9 Å². The van der Waals surface area contributed by atoms with Crippen molar-refractivity contribution in [1.82, 2.24) is 9.88 Å². The van der Waals surface area contributed by atoms with Gasteiger partial charge in [-0.2, -0.15) is 0 Å². The monoisotopic (exact) mass is 375 g/mol. The van der Waals surface area contributed by atoms with Gasteiger partial charge in [0.25, 0.3) is 5.91 Å². The van der Waals surface area contributed by atoms with E-state index in [4.69, 9.17) is 4.42 Å². The van der Waals surface area contributed by atoms with E-state index in [0.717, 1.165) is 22.7 Å². The van der Waals surface area contributed by atoms with E-state index < -0.39 is 11.6 Å². The SMILES string of the molecule is O=C(Nc1nc2c(s1)CN(Cc1cc(F)ccc1F)CC2)c1ccco1. The number of fused-ring (bicyclic) bond motifs is 1. The summed E-state index contributed by atoms with van der Waals surface area (Å²) < 4.78 is 32.2. The van der Waals surface area contributed by atoms with Crippen molar-refractivity contribution in [2.75, 3.05) is 11.9 Å². The molecule has 1 N–H and O–H groups in total. The topological polar surface area (TPSA) is 58.4 Å². The number of halogens is 2. The summed E-state index contributed by atoms with van der Waals surface area (Å²) in [5.41, 5.74) is 1.27. The fourth-order valence-corrected chi connectivity index (χ4v) is 3.95. The summed E-state index contributed by atoms with van der Waals surface area (Å²) in [7, 11) is 0. The van der Waals surface area contributed by atoms with Crippen molar-refractivity contribution in [3.05, 3.63) is 70.1 Å². The van der Waals surface area contributed by atoms with Crippen LogP contribution >= 0.6 is 11.3 Å². The molecule has 0 bridgehead atoms. The second-order valence-corrected chi connectivity index (χ2v) is 7.10. The smallest absolute Gasteiger partial charge is 0.293 e. The third-order valence-electron chi connectivity index (χ3n) is 4.18. The van der Waals surface area contributed by atoms with Crippen LogP contribution in [0.2, 0.25) is 0 Å². The predicted octanol–water partition coefficient (Wildman–Crippen LogP) is 3.82. The summed E-state index contributed by atoms with van der Waals surface area (Å²) in [5, 5.41) is 3.24. The van der Waals surface area contributed by atoms with Gasteiger partial charge in [-0.05, 0) is 30.3 Å². The third-order valence-corrected chi connectivity index (χ3v) is 5.18. The van der Waals surface area contributed by atoms with Gasteiger partial charge < -0.3 is 4.42 Å². The Hall–Kier alpha value is -2.58. The molecule has 134 valence electrons. The van der Waals surface area contributed by atoms with Crippen LogP contribution < -0.4 is 5.32 Å². The quantitative estimate of drug-likeness (QED) is 0.753. The molecular weight excluding hydrogens is 360 g/mol. The number of benzene rings is 1. The van der Waals surface area contributed by atoms with Gasteiger partial charge in [0, 0.05) is 36.5 Å². The number of furan rings is 1. The zero-order chi connectivity index (χ0) is 18.1. The minimum atomic E-state index is -0.445. The molecule has 0 unspecified atom stereocenters. The molecule has 0 spiro atoms. The molecule has 0 fully saturated rings. The molecule has 0 saturated heterocycles. The van der Waals surface area contributed by atoms with Gasteiger partial charge in [0.2, 0.25) is 0 Å². The lowest BCUT2D eigenvalue weighted by Gasteiger charge is -2.25. The number of hydrogen-bond acceptors (Lipinski definition) is 5. The molecule has 1 aromatic carbocycles. The van der Waals surface area contributed by atoms with Crippen LogP contribution in [0.1, 0.15) is 26.7 Å². The summed E-state index contributed by atoms with van der Waals surface area (Å²) in [6, 6.07) is 6.72. The number of carbonyl (C=O) groups excluding carboxylic acids is 1. The molecule has 0 radical (unpaired) electrons. The Labute approximate surface area is 152 Å². The van der Waals surface area contributed by atoms with Crippen LogP contribution in [-0.4, -0.2) is 22.3 Å². The number of amides is 1. The molecule has 8 heteroatoms. The van der Waals surface area contributed by atoms with E-state index in [0.29, 0.717) is 36.8 Å². The zero-order valence-electron chi connectivity index (χ0n) is 13.7. The number of nitrogens with one attached hydrogen (secondary N) is 1. The molecule has 1 amide bonds. The van der Waals surface area contributed by atoms with Gasteiger partial charge in [-0.15, -0.1) is 11.3 Å². The van der Waals surface area contributed by atoms with Gasteiger partial charge in [-0.1, -0.05) is 0 Å². The number of anilines is 1. The number of thiazole rings is 1. The average molecular weight is 375 g/mol. The summed E-state index contributed by atoms with van der Waals surface area (Å²) in [6.45, 7) is 1.60. The number of hydrogen-bond donors (Lipinski definition) is 1. The maximum atomic E-state index is 13.8. The molecule has 0 saturated carbocycles. The molecule has 5 nitrogen and oxygen atoms in total. The van der Waals surface area contributed by atoms with E-state index in [1.807, 2.05) is 4.90 Å². The molecule has 3 heterocycles. The molecule has 3 aromatic rings. The summed E-state index contributed by atoms with van der Waals surface area (Å²) in [5.74, 6) is -0.978. The first kappa shape index (κ1) is 16.9. The maximum Gasteiger partial charge on any atom is 0.293 e. The second-order valence-electron chi connectivity index (χ2n) is 6.02. The molecule has 26 heavy (non-hydrogen) atoms. The van der Waals surface area contributed by atoms with E-state index >= 15 is 0 Å². The molecule has 4 rings (SSSR count). The van der Waals surface area contributed by atoms with Gasteiger partial charge in [0.05, 0.1) is 12.0 Å². The standard InChI is InChI=1S/C18H15F2N3O2S/c19-12-3-4-13(20)11(8-12)9-23-6-5-14-16(10-23)26-18(21-14)22-17(24)15-2-1-7-25-15/h1-4,7-8H,5-6,9-10H2,(H,21,22,24). The lowest BCUT2D eigenvalue weighted by molar-refractivity contribution is 0.0996. The van der Waals surface area contributed by atoms with Gasteiger partial charge in [0.1, 0.15) is 11.6 Å². The van der Waals surface area contributed by atoms with E-state index in [1.165, 1.54) is 23.7 Å². The zero-order valence-corrected chi connectivity index (χ0v) is 14.5. The Morgan fingerprint density at radius 3 is 3.04 bits per heavy atom. The Balaban J connectivity index is 1.45. The van der Waals surface area contributed by atoms with Crippen molar-refractivity contribution in [3.8, 4) is 0 Å². The van der Waals surface area contributed by atoms with Crippen molar-refractivity contribution in [2.24, 2.45) is 0 Å². The lowest BCUT2D eigenvalue weighted by atomic mass is 10.1. The highest BCUT2D eigenvalue weighted by molar-refractivity contribution is 7.15. The minimum Gasteiger partial charge on any atom is -0.459 e. The number of carbonyl (C=O) groups is 1. The van der Waals surface area contributed by atoms with Crippen molar-refractivity contribution in [3.63, 3.8) is 0 Å². The van der Waals surface area contributed by atoms with Crippen molar-refractivity contribution >= 4 is 22.4 Å². The van der Waals surface area contributed by atoms with Crippen LogP contribution in [0.3, 0.4) is 0 Å². The normalized spacial score (nSPS) is 14.2. The van der Waals surface area contributed by atoms with Crippen LogP contribution in [-0.2, 0) is 19.5 Å². The first-order valence-corrected chi connectivity index (χ1v) is 8.90. The van der Waals surface area contributed by atoms with Gasteiger partial charge in [0.15, 0.2) is 10.9 Å². The maximum absolute atomic E-state index is 13.8. The number of aromatic nitrogens is 1. The molecule has 2 aromatic heterocycles. The highest BCUT2D eigenvalue weighted by atomic mass is 32.1. The first-order valence-electron chi connectivity index (χ1n) is 8.08. The Bertz CT molecular complexity index is 940. The van der Waals surface area contributed by atoms with E-state index in [2.05, 4.69) is 10.3 Å². The van der Waals surface area contributed by atoms with E-state index in [-0.39, 0.29) is 11.7 Å². The summed E-state index contributed by atoms with van der Waals surface area (Å²) >= 11 is 1.39. The van der Waals surface area contributed by atoms with Crippen LogP contribution in [0, 0.1) is 11.6 Å². The highest BCUT2D eigenvalue weighted by Gasteiger charge is 2.23. The molecule has 1 aliphatic rings. The van der Waals surface area contributed by atoms with E-state index in [9.17, 15) is 13.6 Å². The predicted molar refractivity (Wildman–Crippen MR) is 93.0 cm³/mol. The van der Waals surface area contributed by atoms with Gasteiger partial charge in [-0.3, -0.25) is 15.0 Å². The Kier molecular flexibility index (Phi) is 4.52. The molecular formula is C18H15F2N3O2S. The van der Waals surface area contributed by atoms with Crippen LogP contribution in [0.25, 0.3) is 0 Å². The van der Waals surface area contributed by atoms with Crippen LogP contribution in [0.15, 0.2) is 41.0 Å². The van der Waals surface area contributed by atoms with Crippen LogP contribution in [0.5, 0.6) is 0 Å². The Morgan fingerprint density at radius 2 is 2.23 bits per heavy atom. The average Bonchev–Trinajstić information content (AvgIpc) is 3.27. The number of rotatable bonds is 4. The molecule has 1 aliphatic heterocycles. The number of nitrogens with zero attached hydrogens (tertiary/aromatic N) is 2.